The fourth-order valence-electron chi connectivity index (χ4n) is 2.71. The van der Waals surface area contributed by atoms with Gasteiger partial charge in [-0.2, -0.15) is 0 Å². The standard InChI is InChI=1S/C15H22N2O2/c1-19-15(18)11-6-8-13(9-7-11)17-14-5-3-2-4-12(14)10-16/h6-9,12,14,17H,2-5,10,16H2,1H3. The van der Waals surface area contributed by atoms with Crippen molar-refractivity contribution in [3.8, 4) is 0 Å². The van der Waals surface area contributed by atoms with Gasteiger partial charge < -0.3 is 15.8 Å². The van der Waals surface area contributed by atoms with Crippen molar-refractivity contribution >= 4 is 11.7 Å². The summed E-state index contributed by atoms with van der Waals surface area (Å²) in [5, 5.41) is 3.53. The van der Waals surface area contributed by atoms with Crippen LogP contribution in [-0.4, -0.2) is 25.7 Å². The van der Waals surface area contributed by atoms with Crippen molar-refractivity contribution in [3.63, 3.8) is 0 Å². The topological polar surface area (TPSA) is 64.3 Å². The van der Waals surface area contributed by atoms with E-state index in [1.807, 2.05) is 12.1 Å². The third-order valence-corrected chi connectivity index (χ3v) is 3.87. The lowest BCUT2D eigenvalue weighted by Gasteiger charge is -2.32. The molecule has 2 unspecified atom stereocenters. The average Bonchev–Trinajstić information content (AvgIpc) is 2.48. The first-order valence-electron chi connectivity index (χ1n) is 6.89. The van der Waals surface area contributed by atoms with E-state index in [1.165, 1.54) is 32.8 Å². The second-order valence-corrected chi connectivity index (χ2v) is 5.10. The number of benzene rings is 1. The third kappa shape index (κ3) is 3.47. The second-order valence-electron chi connectivity index (χ2n) is 5.10. The number of esters is 1. The van der Waals surface area contributed by atoms with Crippen LogP contribution in [0.5, 0.6) is 0 Å². The SMILES string of the molecule is COC(=O)c1ccc(NC2CCCCC2CN)cc1. The van der Waals surface area contributed by atoms with Gasteiger partial charge in [0.1, 0.15) is 0 Å². The summed E-state index contributed by atoms with van der Waals surface area (Å²) in [5.74, 6) is 0.248. The van der Waals surface area contributed by atoms with Crippen molar-refractivity contribution in [1.29, 1.82) is 0 Å². The van der Waals surface area contributed by atoms with E-state index in [1.54, 1.807) is 12.1 Å². The summed E-state index contributed by atoms with van der Waals surface area (Å²) in [6, 6.07) is 7.87. The second kappa shape index (κ2) is 6.57. The summed E-state index contributed by atoms with van der Waals surface area (Å²) in [5.41, 5.74) is 7.44. The molecular formula is C15H22N2O2. The van der Waals surface area contributed by atoms with Crippen LogP contribution < -0.4 is 11.1 Å². The Bertz CT molecular complexity index is 417. The molecule has 0 aromatic heterocycles. The van der Waals surface area contributed by atoms with E-state index in [0.717, 1.165) is 12.2 Å². The minimum absolute atomic E-state index is 0.302. The van der Waals surface area contributed by atoms with Gasteiger partial charge in [0.2, 0.25) is 0 Å². The van der Waals surface area contributed by atoms with Crippen molar-refractivity contribution in [2.45, 2.75) is 31.7 Å². The zero-order chi connectivity index (χ0) is 13.7. The Balaban J connectivity index is 2.00. The molecule has 2 atom stereocenters. The highest BCUT2D eigenvalue weighted by Gasteiger charge is 2.23. The highest BCUT2D eigenvalue weighted by molar-refractivity contribution is 5.89. The van der Waals surface area contributed by atoms with Crippen molar-refractivity contribution in [3.05, 3.63) is 29.8 Å². The quantitative estimate of drug-likeness (QED) is 0.818. The molecule has 104 valence electrons. The van der Waals surface area contributed by atoms with Gasteiger partial charge in [0.15, 0.2) is 0 Å². The highest BCUT2D eigenvalue weighted by Crippen LogP contribution is 2.26. The molecule has 0 heterocycles. The number of rotatable bonds is 4. The highest BCUT2D eigenvalue weighted by atomic mass is 16.5. The molecule has 0 spiro atoms. The number of methoxy groups -OCH3 is 1. The van der Waals surface area contributed by atoms with Crippen LogP contribution in [0.3, 0.4) is 0 Å². The molecule has 1 aliphatic rings. The van der Waals surface area contributed by atoms with Gasteiger partial charge in [-0.05, 0) is 49.6 Å². The molecule has 19 heavy (non-hydrogen) atoms. The minimum atomic E-state index is -0.302. The zero-order valence-corrected chi connectivity index (χ0v) is 11.4. The van der Waals surface area contributed by atoms with Crippen molar-refractivity contribution in [1.82, 2.24) is 0 Å². The van der Waals surface area contributed by atoms with Crippen molar-refractivity contribution in [2.75, 3.05) is 19.0 Å². The van der Waals surface area contributed by atoms with E-state index in [4.69, 9.17) is 5.73 Å². The Morgan fingerprint density at radius 3 is 2.63 bits per heavy atom. The van der Waals surface area contributed by atoms with Crippen LogP contribution in [0.4, 0.5) is 5.69 Å². The predicted molar refractivity (Wildman–Crippen MR) is 76.2 cm³/mol. The molecule has 0 amide bonds. The lowest BCUT2D eigenvalue weighted by Crippen LogP contribution is -2.36. The van der Waals surface area contributed by atoms with Gasteiger partial charge in [-0.3, -0.25) is 0 Å². The third-order valence-electron chi connectivity index (χ3n) is 3.87. The summed E-state index contributed by atoms with van der Waals surface area (Å²) in [4.78, 5) is 11.4. The molecule has 0 aliphatic heterocycles. The zero-order valence-electron chi connectivity index (χ0n) is 11.4. The van der Waals surface area contributed by atoms with E-state index in [9.17, 15) is 4.79 Å². The first kappa shape index (κ1) is 13.9. The van der Waals surface area contributed by atoms with Crippen LogP contribution in [0.25, 0.3) is 0 Å². The fraction of sp³-hybridized carbons (Fsp3) is 0.533. The molecule has 0 bridgehead atoms. The van der Waals surface area contributed by atoms with E-state index in [0.29, 0.717) is 17.5 Å². The lowest BCUT2D eigenvalue weighted by molar-refractivity contribution is 0.0601. The van der Waals surface area contributed by atoms with Crippen LogP contribution in [0, 0.1) is 5.92 Å². The van der Waals surface area contributed by atoms with Crippen LogP contribution in [0.15, 0.2) is 24.3 Å². The molecule has 1 fully saturated rings. The molecule has 1 aliphatic carbocycles. The summed E-state index contributed by atoms with van der Waals surface area (Å²) in [6.45, 7) is 0.734. The van der Waals surface area contributed by atoms with Gasteiger partial charge in [0.05, 0.1) is 12.7 Å². The predicted octanol–water partition coefficient (Wildman–Crippen LogP) is 2.40. The maximum Gasteiger partial charge on any atom is 0.337 e. The van der Waals surface area contributed by atoms with E-state index in [2.05, 4.69) is 10.1 Å². The molecule has 4 nitrogen and oxygen atoms in total. The number of carbonyl (C=O) groups excluding carboxylic acids is 1. The Kier molecular flexibility index (Phi) is 4.80. The molecule has 4 heteroatoms. The Morgan fingerprint density at radius 2 is 2.00 bits per heavy atom. The lowest BCUT2D eigenvalue weighted by atomic mass is 9.84. The Labute approximate surface area is 114 Å². The number of hydrogen-bond acceptors (Lipinski definition) is 4. The van der Waals surface area contributed by atoms with Crippen LogP contribution in [-0.2, 0) is 4.74 Å². The number of nitrogens with two attached hydrogens (primary N) is 1. The molecule has 0 saturated heterocycles. The molecule has 3 N–H and O–H groups in total. The summed E-state index contributed by atoms with van der Waals surface area (Å²) < 4.78 is 4.68. The summed E-state index contributed by atoms with van der Waals surface area (Å²) in [6.07, 6.45) is 4.91. The average molecular weight is 262 g/mol. The number of anilines is 1. The molecule has 1 aromatic carbocycles. The van der Waals surface area contributed by atoms with Gasteiger partial charge in [-0.25, -0.2) is 4.79 Å². The summed E-state index contributed by atoms with van der Waals surface area (Å²) in [7, 11) is 1.39. The monoisotopic (exact) mass is 262 g/mol. The van der Waals surface area contributed by atoms with Crippen LogP contribution in [0.2, 0.25) is 0 Å². The van der Waals surface area contributed by atoms with Gasteiger partial charge in [0, 0.05) is 11.7 Å². The molecule has 0 radical (unpaired) electrons. The number of ether oxygens (including phenoxy) is 1. The van der Waals surface area contributed by atoms with Gasteiger partial charge in [-0.15, -0.1) is 0 Å². The van der Waals surface area contributed by atoms with Crippen LogP contribution in [0.1, 0.15) is 36.0 Å². The molecule has 1 saturated carbocycles. The summed E-state index contributed by atoms with van der Waals surface area (Å²) >= 11 is 0. The van der Waals surface area contributed by atoms with Gasteiger partial charge in [-0.1, -0.05) is 12.8 Å². The number of carbonyl (C=O) groups is 1. The minimum Gasteiger partial charge on any atom is -0.465 e. The molecule has 1 aromatic rings. The largest absolute Gasteiger partial charge is 0.465 e. The maximum atomic E-state index is 11.4. The van der Waals surface area contributed by atoms with E-state index < -0.39 is 0 Å². The first-order chi connectivity index (χ1) is 9.24. The van der Waals surface area contributed by atoms with Crippen molar-refractivity contribution < 1.29 is 9.53 Å². The van der Waals surface area contributed by atoms with Gasteiger partial charge >= 0.3 is 5.97 Å². The van der Waals surface area contributed by atoms with Crippen LogP contribution >= 0.6 is 0 Å². The van der Waals surface area contributed by atoms with E-state index >= 15 is 0 Å². The van der Waals surface area contributed by atoms with Gasteiger partial charge in [0.25, 0.3) is 0 Å². The fourth-order valence-corrected chi connectivity index (χ4v) is 2.71. The maximum absolute atomic E-state index is 11.4. The number of hydrogen-bond donors (Lipinski definition) is 2. The van der Waals surface area contributed by atoms with E-state index in [-0.39, 0.29) is 5.97 Å². The molecular weight excluding hydrogens is 240 g/mol. The first-order valence-corrected chi connectivity index (χ1v) is 6.89. The number of nitrogens with one attached hydrogen (secondary N) is 1. The Morgan fingerprint density at radius 1 is 1.32 bits per heavy atom. The smallest absolute Gasteiger partial charge is 0.337 e. The normalized spacial score (nSPS) is 22.8. The Hall–Kier alpha value is -1.55. The molecule has 2 rings (SSSR count). The van der Waals surface area contributed by atoms with Crippen molar-refractivity contribution in [2.24, 2.45) is 11.7 Å².